The van der Waals surface area contributed by atoms with Crippen molar-refractivity contribution in [2.75, 3.05) is 13.6 Å². The number of phenols is 1. The Bertz CT molecular complexity index is 1200. The van der Waals surface area contributed by atoms with Crippen LogP contribution in [-0.2, 0) is 30.3 Å². The van der Waals surface area contributed by atoms with Gasteiger partial charge in [0.25, 0.3) is 0 Å². The van der Waals surface area contributed by atoms with E-state index in [4.69, 9.17) is 9.47 Å². The standard InChI is InChI=1S/C30H41N3O7/c1-19-16-21(14-15-23(19)34)25(33(8)24(35)18-31-28(38)40-30(5,6)7)26(36)32-22(27(37)39-29(2,3)4)17-20-12-10-9-11-13-20/h9-16,22,25,34H,17-18H2,1-8H3,(H,31,38)(H,32,36). The quantitative estimate of drug-likeness (QED) is 0.401. The Labute approximate surface area is 236 Å². The third-order valence-corrected chi connectivity index (χ3v) is 5.64. The highest BCUT2D eigenvalue weighted by Crippen LogP contribution is 2.26. The molecule has 10 nitrogen and oxygen atoms in total. The highest BCUT2D eigenvalue weighted by atomic mass is 16.6. The number of hydrogen-bond donors (Lipinski definition) is 3. The number of alkyl carbamates (subject to hydrolysis) is 1. The van der Waals surface area contributed by atoms with Gasteiger partial charge in [0.05, 0.1) is 0 Å². The van der Waals surface area contributed by atoms with Crippen molar-refractivity contribution in [3.8, 4) is 5.75 Å². The summed E-state index contributed by atoms with van der Waals surface area (Å²) in [6, 6.07) is 11.5. The fraction of sp³-hybridized carbons (Fsp3) is 0.467. The van der Waals surface area contributed by atoms with Gasteiger partial charge in [0, 0.05) is 13.5 Å². The number of aromatic hydroxyl groups is 1. The molecule has 0 saturated heterocycles. The number of esters is 1. The number of likely N-dealkylation sites (N-methyl/N-ethyl adjacent to an activating group) is 1. The number of ether oxygens (including phenoxy) is 2. The molecule has 2 unspecified atom stereocenters. The van der Waals surface area contributed by atoms with Gasteiger partial charge in [0.15, 0.2) is 0 Å². The molecule has 10 heteroatoms. The summed E-state index contributed by atoms with van der Waals surface area (Å²) in [5.41, 5.74) is 0.173. The van der Waals surface area contributed by atoms with Crippen LogP contribution < -0.4 is 10.6 Å². The normalized spacial score (nSPS) is 13.0. The molecule has 0 aliphatic rings. The number of rotatable bonds is 9. The summed E-state index contributed by atoms with van der Waals surface area (Å²) in [7, 11) is 1.42. The smallest absolute Gasteiger partial charge is 0.408 e. The molecule has 0 spiro atoms. The molecule has 2 atom stereocenters. The molecular weight excluding hydrogens is 514 g/mol. The Morgan fingerprint density at radius 2 is 1.52 bits per heavy atom. The second-order valence-electron chi connectivity index (χ2n) is 11.6. The summed E-state index contributed by atoms with van der Waals surface area (Å²) in [6.07, 6.45) is -0.607. The van der Waals surface area contributed by atoms with Crippen LogP contribution in [0.15, 0.2) is 48.5 Å². The molecule has 0 aliphatic heterocycles. The van der Waals surface area contributed by atoms with Crippen molar-refractivity contribution < 1.29 is 33.8 Å². The van der Waals surface area contributed by atoms with Crippen molar-refractivity contribution in [1.82, 2.24) is 15.5 Å². The van der Waals surface area contributed by atoms with Crippen molar-refractivity contribution >= 4 is 23.9 Å². The van der Waals surface area contributed by atoms with Gasteiger partial charge in [-0.1, -0.05) is 36.4 Å². The number of benzene rings is 2. The van der Waals surface area contributed by atoms with E-state index in [2.05, 4.69) is 10.6 Å². The minimum atomic E-state index is -1.19. The van der Waals surface area contributed by atoms with Crippen LogP contribution in [0.2, 0.25) is 0 Å². The summed E-state index contributed by atoms with van der Waals surface area (Å²) in [4.78, 5) is 53.3. The molecule has 3 amide bonds. The van der Waals surface area contributed by atoms with Gasteiger partial charge >= 0.3 is 12.1 Å². The SMILES string of the molecule is Cc1cc(C(C(=O)NC(Cc2ccccc2)C(=O)OC(C)(C)C)N(C)C(=O)CNC(=O)OC(C)(C)C)ccc1O. The van der Waals surface area contributed by atoms with Crippen molar-refractivity contribution in [3.05, 3.63) is 65.2 Å². The van der Waals surface area contributed by atoms with E-state index in [9.17, 15) is 24.3 Å². The highest BCUT2D eigenvalue weighted by molar-refractivity contribution is 5.92. The van der Waals surface area contributed by atoms with E-state index in [0.717, 1.165) is 5.56 Å². The van der Waals surface area contributed by atoms with Crippen molar-refractivity contribution in [2.45, 2.75) is 78.2 Å². The first-order chi connectivity index (χ1) is 18.5. The molecule has 2 aromatic rings. The maximum absolute atomic E-state index is 13.8. The molecule has 0 saturated carbocycles. The molecular formula is C30H41N3O7. The molecule has 0 aliphatic carbocycles. The summed E-state index contributed by atoms with van der Waals surface area (Å²) in [5.74, 6) is -1.80. The van der Waals surface area contributed by atoms with Crippen LogP contribution in [-0.4, -0.2) is 64.7 Å². The first-order valence-corrected chi connectivity index (χ1v) is 13.1. The zero-order chi connectivity index (χ0) is 30.3. The van der Waals surface area contributed by atoms with Gasteiger partial charge in [-0.15, -0.1) is 0 Å². The first-order valence-electron chi connectivity index (χ1n) is 13.1. The van der Waals surface area contributed by atoms with Gasteiger partial charge < -0.3 is 30.1 Å². The Morgan fingerprint density at radius 3 is 2.08 bits per heavy atom. The van der Waals surface area contributed by atoms with Crippen LogP contribution in [0.1, 0.15) is 64.3 Å². The van der Waals surface area contributed by atoms with E-state index in [1.807, 2.05) is 30.3 Å². The topological polar surface area (TPSA) is 134 Å². The molecule has 0 bridgehead atoms. The van der Waals surface area contributed by atoms with E-state index < -0.39 is 53.7 Å². The third kappa shape index (κ3) is 10.2. The number of amides is 3. The fourth-order valence-corrected chi connectivity index (χ4v) is 3.80. The van der Waals surface area contributed by atoms with Crippen LogP contribution >= 0.6 is 0 Å². The molecule has 2 aromatic carbocycles. The van der Waals surface area contributed by atoms with E-state index in [-0.39, 0.29) is 12.2 Å². The minimum absolute atomic E-state index is 0.0270. The summed E-state index contributed by atoms with van der Waals surface area (Å²) in [5, 5.41) is 15.2. The number of carbonyl (C=O) groups excluding carboxylic acids is 4. The molecule has 0 radical (unpaired) electrons. The Morgan fingerprint density at radius 1 is 0.925 bits per heavy atom. The summed E-state index contributed by atoms with van der Waals surface area (Å²) in [6.45, 7) is 11.5. The van der Waals surface area contributed by atoms with Crippen molar-refractivity contribution in [3.63, 3.8) is 0 Å². The molecule has 2 rings (SSSR count). The largest absolute Gasteiger partial charge is 0.508 e. The van der Waals surface area contributed by atoms with Crippen LogP contribution in [0.3, 0.4) is 0 Å². The number of aryl methyl sites for hydroxylation is 1. The lowest BCUT2D eigenvalue weighted by atomic mass is 10.00. The number of nitrogens with one attached hydrogen (secondary N) is 2. The Hall–Kier alpha value is -4.08. The lowest BCUT2D eigenvalue weighted by Gasteiger charge is -2.31. The fourth-order valence-electron chi connectivity index (χ4n) is 3.80. The second-order valence-corrected chi connectivity index (χ2v) is 11.6. The predicted octanol–water partition coefficient (Wildman–Crippen LogP) is 3.79. The van der Waals surface area contributed by atoms with Crippen LogP contribution in [0.25, 0.3) is 0 Å². The molecule has 0 aromatic heterocycles. The monoisotopic (exact) mass is 555 g/mol. The van der Waals surface area contributed by atoms with Crippen molar-refractivity contribution in [1.29, 1.82) is 0 Å². The van der Waals surface area contributed by atoms with Gasteiger partial charge in [0.2, 0.25) is 11.8 Å². The zero-order valence-corrected chi connectivity index (χ0v) is 24.5. The molecule has 40 heavy (non-hydrogen) atoms. The van der Waals surface area contributed by atoms with Gasteiger partial charge in [-0.2, -0.15) is 0 Å². The van der Waals surface area contributed by atoms with E-state index >= 15 is 0 Å². The predicted molar refractivity (Wildman–Crippen MR) is 151 cm³/mol. The maximum atomic E-state index is 13.8. The highest BCUT2D eigenvalue weighted by Gasteiger charge is 2.34. The molecule has 0 fully saturated rings. The number of nitrogens with zero attached hydrogens (tertiary/aromatic N) is 1. The lowest BCUT2D eigenvalue weighted by Crippen LogP contribution is -2.51. The van der Waals surface area contributed by atoms with Crippen molar-refractivity contribution in [2.24, 2.45) is 0 Å². The zero-order valence-electron chi connectivity index (χ0n) is 24.5. The number of hydrogen-bond acceptors (Lipinski definition) is 7. The van der Waals surface area contributed by atoms with Crippen LogP contribution in [0.5, 0.6) is 5.75 Å². The minimum Gasteiger partial charge on any atom is -0.508 e. The number of phenolic OH excluding ortho intramolecular Hbond substituents is 1. The van der Waals surface area contributed by atoms with Crippen LogP contribution in [0, 0.1) is 6.92 Å². The third-order valence-electron chi connectivity index (χ3n) is 5.64. The summed E-state index contributed by atoms with van der Waals surface area (Å²) >= 11 is 0. The molecule has 3 N–H and O–H groups in total. The number of carbonyl (C=O) groups is 4. The van der Waals surface area contributed by atoms with E-state index in [0.29, 0.717) is 11.1 Å². The van der Waals surface area contributed by atoms with Crippen LogP contribution in [0.4, 0.5) is 4.79 Å². The first kappa shape index (κ1) is 32.1. The lowest BCUT2D eigenvalue weighted by molar-refractivity contribution is -0.159. The van der Waals surface area contributed by atoms with Gasteiger partial charge in [-0.05, 0) is 77.3 Å². The Balaban J connectivity index is 2.36. The average Bonchev–Trinajstić information content (AvgIpc) is 2.83. The van der Waals surface area contributed by atoms with E-state index in [1.165, 1.54) is 24.1 Å². The van der Waals surface area contributed by atoms with Gasteiger partial charge in [-0.3, -0.25) is 9.59 Å². The maximum Gasteiger partial charge on any atom is 0.408 e. The second kappa shape index (κ2) is 13.3. The summed E-state index contributed by atoms with van der Waals surface area (Å²) < 4.78 is 10.8. The molecule has 0 heterocycles. The Kier molecular flexibility index (Phi) is 10.7. The van der Waals surface area contributed by atoms with E-state index in [1.54, 1.807) is 54.5 Å². The average molecular weight is 556 g/mol. The van der Waals surface area contributed by atoms with Gasteiger partial charge in [0.1, 0.15) is 35.6 Å². The van der Waals surface area contributed by atoms with Gasteiger partial charge in [-0.25, -0.2) is 9.59 Å². The molecule has 218 valence electrons.